The van der Waals surface area contributed by atoms with Gasteiger partial charge in [-0.1, -0.05) is 63.3 Å². The molecule has 27 heavy (non-hydrogen) atoms. The Bertz CT molecular complexity index is 611. The molecule has 0 bridgehead atoms. The van der Waals surface area contributed by atoms with Crippen molar-refractivity contribution in [1.29, 1.82) is 0 Å². The van der Waals surface area contributed by atoms with Gasteiger partial charge >= 0.3 is 6.18 Å². The van der Waals surface area contributed by atoms with Gasteiger partial charge in [-0.25, -0.2) is 0 Å². The van der Waals surface area contributed by atoms with Gasteiger partial charge in [0.1, 0.15) is 0 Å². The van der Waals surface area contributed by atoms with Crippen LogP contribution in [0.4, 0.5) is 13.2 Å². The van der Waals surface area contributed by atoms with E-state index in [0.29, 0.717) is 0 Å². The molecule has 1 aliphatic heterocycles. The van der Waals surface area contributed by atoms with Crippen LogP contribution < -0.4 is 5.43 Å². The lowest BCUT2D eigenvalue weighted by atomic mass is 9.96. The van der Waals surface area contributed by atoms with Crippen LogP contribution >= 0.6 is 0 Å². The Morgan fingerprint density at radius 1 is 1.07 bits per heavy atom. The predicted molar refractivity (Wildman–Crippen MR) is 101 cm³/mol. The van der Waals surface area contributed by atoms with Crippen molar-refractivity contribution in [3.63, 3.8) is 0 Å². The molecule has 0 saturated carbocycles. The van der Waals surface area contributed by atoms with E-state index < -0.39 is 17.8 Å². The molecular weight excluding hydrogens is 353 g/mol. The number of alkyl halides is 3. The zero-order valence-corrected chi connectivity index (χ0v) is 16.5. The maximum atomic E-state index is 13.8. The Kier molecular flexibility index (Phi) is 7.32. The fourth-order valence-electron chi connectivity index (χ4n) is 3.68. The predicted octanol–water partition coefficient (Wildman–Crippen LogP) is 5.71. The molecular formula is C21H31F3N2O. The molecule has 1 atom stereocenters. The number of nitrogens with one attached hydrogen (secondary N) is 1. The second-order valence-corrected chi connectivity index (χ2v) is 8.10. The first kappa shape index (κ1) is 21.7. The topological polar surface area (TPSA) is 32.3 Å². The molecule has 0 unspecified atom stereocenters. The molecule has 3 nitrogen and oxygen atoms in total. The number of hydrogen-bond donors (Lipinski definition) is 1. The number of amides is 1. The summed E-state index contributed by atoms with van der Waals surface area (Å²) in [4.78, 5) is 11.7. The minimum Gasteiger partial charge on any atom is -0.287 e. The van der Waals surface area contributed by atoms with Gasteiger partial charge in [0, 0.05) is 12.0 Å². The van der Waals surface area contributed by atoms with Crippen molar-refractivity contribution in [2.45, 2.75) is 89.9 Å². The van der Waals surface area contributed by atoms with Gasteiger partial charge in [-0.05, 0) is 37.8 Å². The normalized spacial score (nSPS) is 18.5. The fourth-order valence-corrected chi connectivity index (χ4v) is 3.68. The molecule has 6 heteroatoms. The number of nitrogens with zero attached hydrogens (tertiary/aromatic N) is 1. The van der Waals surface area contributed by atoms with Crippen LogP contribution in [0.1, 0.15) is 82.9 Å². The summed E-state index contributed by atoms with van der Waals surface area (Å²) in [6.07, 6.45) is 3.61. The molecule has 1 heterocycles. The number of aryl methyl sites for hydroxylation is 1. The van der Waals surface area contributed by atoms with E-state index in [9.17, 15) is 18.0 Å². The third-order valence-corrected chi connectivity index (χ3v) is 5.17. The standard InChI is InChI=1S/C21H31F3N2O/c1-4-5-6-7-8-9-10-16-11-13-17(14-12-16)19(21(22,23)24)26-20(2,3)15-18(27)25-26/h11-14,19H,4-10,15H2,1-3H3,(H,25,27)/t19-/m0/s1. The van der Waals surface area contributed by atoms with E-state index >= 15 is 0 Å². The maximum Gasteiger partial charge on any atom is 0.409 e. The second kappa shape index (κ2) is 9.09. The first-order valence-electron chi connectivity index (χ1n) is 9.89. The number of hydrogen-bond acceptors (Lipinski definition) is 2. The number of halogens is 3. The van der Waals surface area contributed by atoms with Crippen molar-refractivity contribution >= 4 is 5.91 Å². The molecule has 0 radical (unpaired) electrons. The summed E-state index contributed by atoms with van der Waals surface area (Å²) in [5.74, 6) is -0.381. The zero-order valence-electron chi connectivity index (χ0n) is 16.5. The van der Waals surface area contributed by atoms with Crippen LogP contribution in [0.5, 0.6) is 0 Å². The lowest BCUT2D eigenvalue weighted by molar-refractivity contribution is -0.203. The number of rotatable bonds is 9. The van der Waals surface area contributed by atoms with Crippen LogP contribution in [-0.2, 0) is 11.2 Å². The number of benzene rings is 1. The zero-order chi connectivity index (χ0) is 20.1. The highest BCUT2D eigenvalue weighted by molar-refractivity contribution is 5.79. The summed E-state index contributed by atoms with van der Waals surface area (Å²) in [6.45, 7) is 5.48. The summed E-state index contributed by atoms with van der Waals surface area (Å²) < 4.78 is 41.4. The molecule has 0 spiro atoms. The Labute approximate surface area is 160 Å². The van der Waals surface area contributed by atoms with Gasteiger partial charge in [0.15, 0.2) is 6.04 Å². The first-order valence-corrected chi connectivity index (χ1v) is 9.89. The maximum absolute atomic E-state index is 13.8. The van der Waals surface area contributed by atoms with E-state index in [1.54, 1.807) is 38.1 Å². The number of hydrazine groups is 1. The lowest BCUT2D eigenvalue weighted by Gasteiger charge is -2.38. The summed E-state index contributed by atoms with van der Waals surface area (Å²) in [5.41, 5.74) is 2.71. The fraction of sp³-hybridized carbons (Fsp3) is 0.667. The van der Waals surface area contributed by atoms with E-state index in [-0.39, 0.29) is 17.9 Å². The third-order valence-electron chi connectivity index (χ3n) is 5.17. The van der Waals surface area contributed by atoms with Crippen molar-refractivity contribution in [2.24, 2.45) is 0 Å². The van der Waals surface area contributed by atoms with E-state index in [1.165, 1.54) is 25.7 Å². The second-order valence-electron chi connectivity index (χ2n) is 8.10. The lowest BCUT2D eigenvalue weighted by Crippen LogP contribution is -2.51. The molecule has 1 saturated heterocycles. The molecule has 1 N–H and O–H groups in total. The van der Waals surface area contributed by atoms with E-state index in [0.717, 1.165) is 29.8 Å². The van der Waals surface area contributed by atoms with Gasteiger partial charge < -0.3 is 0 Å². The Morgan fingerprint density at radius 2 is 1.67 bits per heavy atom. The number of carbonyl (C=O) groups is 1. The third kappa shape index (κ3) is 5.96. The molecule has 1 amide bonds. The van der Waals surface area contributed by atoms with Crippen LogP contribution in [0.2, 0.25) is 0 Å². The van der Waals surface area contributed by atoms with Crippen LogP contribution in [-0.4, -0.2) is 22.6 Å². The van der Waals surface area contributed by atoms with Gasteiger partial charge in [-0.3, -0.25) is 10.2 Å². The Hall–Kier alpha value is -1.56. The van der Waals surface area contributed by atoms with Crippen LogP contribution in [0.3, 0.4) is 0 Å². The average Bonchev–Trinajstić information content (AvgIpc) is 2.83. The van der Waals surface area contributed by atoms with E-state index in [2.05, 4.69) is 12.3 Å². The van der Waals surface area contributed by atoms with E-state index in [4.69, 9.17) is 0 Å². The summed E-state index contributed by atoms with van der Waals surface area (Å²) >= 11 is 0. The molecule has 0 aromatic heterocycles. The molecule has 1 aromatic carbocycles. The minimum absolute atomic E-state index is 0.0513. The van der Waals surface area contributed by atoms with Crippen LogP contribution in [0.15, 0.2) is 24.3 Å². The van der Waals surface area contributed by atoms with Crippen LogP contribution in [0, 0.1) is 0 Å². The molecule has 0 aliphatic carbocycles. The summed E-state index contributed by atoms with van der Waals surface area (Å²) in [5, 5.41) is 1.05. The smallest absolute Gasteiger partial charge is 0.287 e. The van der Waals surface area contributed by atoms with E-state index in [1.807, 2.05) is 0 Å². The number of unbranched alkanes of at least 4 members (excludes halogenated alkanes) is 5. The molecule has 1 aromatic rings. The minimum atomic E-state index is -4.48. The van der Waals surface area contributed by atoms with Crippen molar-refractivity contribution in [1.82, 2.24) is 10.4 Å². The van der Waals surface area contributed by atoms with Gasteiger partial charge in [0.25, 0.3) is 0 Å². The summed E-state index contributed by atoms with van der Waals surface area (Å²) in [6, 6.07) is 4.81. The first-order chi connectivity index (χ1) is 12.6. The molecule has 1 fully saturated rings. The van der Waals surface area contributed by atoms with Crippen molar-refractivity contribution in [2.75, 3.05) is 0 Å². The van der Waals surface area contributed by atoms with Gasteiger partial charge in [-0.2, -0.15) is 18.2 Å². The van der Waals surface area contributed by atoms with Crippen molar-refractivity contribution in [3.05, 3.63) is 35.4 Å². The van der Waals surface area contributed by atoms with Gasteiger partial charge in [-0.15, -0.1) is 0 Å². The van der Waals surface area contributed by atoms with Crippen molar-refractivity contribution in [3.8, 4) is 0 Å². The van der Waals surface area contributed by atoms with Gasteiger partial charge in [0.05, 0.1) is 0 Å². The molecule has 1 aliphatic rings. The Morgan fingerprint density at radius 3 is 2.19 bits per heavy atom. The summed E-state index contributed by atoms with van der Waals surface area (Å²) in [7, 11) is 0. The van der Waals surface area contributed by atoms with Gasteiger partial charge in [0.2, 0.25) is 5.91 Å². The highest BCUT2D eigenvalue weighted by Crippen LogP contribution is 2.42. The van der Waals surface area contributed by atoms with Crippen LogP contribution in [0.25, 0.3) is 0 Å². The van der Waals surface area contributed by atoms with Crippen molar-refractivity contribution < 1.29 is 18.0 Å². The highest BCUT2D eigenvalue weighted by atomic mass is 19.4. The quantitative estimate of drug-likeness (QED) is 0.553. The molecule has 2 rings (SSSR count). The largest absolute Gasteiger partial charge is 0.409 e. The Balaban J connectivity index is 2.04. The SMILES string of the molecule is CCCCCCCCc1ccc([C@H](N2NC(=O)CC2(C)C)C(F)(F)F)cc1. The monoisotopic (exact) mass is 384 g/mol. The molecule has 152 valence electrons. The average molecular weight is 384 g/mol. The number of carbonyl (C=O) groups excluding carboxylic acids is 1. The highest BCUT2D eigenvalue weighted by Gasteiger charge is 2.52.